The zero-order chi connectivity index (χ0) is 15.3. The Labute approximate surface area is 131 Å². The zero-order valence-electron chi connectivity index (χ0n) is 12.1. The van der Waals surface area contributed by atoms with Gasteiger partial charge in [0.15, 0.2) is 0 Å². The van der Waals surface area contributed by atoms with Crippen LogP contribution in [0.5, 0.6) is 0 Å². The molecule has 3 heteroatoms. The molecule has 0 saturated heterocycles. The molecule has 0 aliphatic rings. The second-order valence-electron chi connectivity index (χ2n) is 5.03. The summed E-state index contributed by atoms with van der Waals surface area (Å²) < 4.78 is 4.62. The smallest absolute Gasteiger partial charge is 0.250 e. The standard InChI is InChI=1S/C19H16N2Si/c20-16-21-22(17-10-4-1-5-11-17,18-12-6-2-7-13-18)19-14-8-3-9-15-19/h1-15,20H. The third kappa shape index (κ3) is 2.44. The van der Waals surface area contributed by atoms with Crippen molar-refractivity contribution < 1.29 is 0 Å². The number of nitrogens with one attached hydrogen (secondary N) is 1. The largest absolute Gasteiger partial charge is 0.287 e. The molecule has 22 heavy (non-hydrogen) atoms. The van der Waals surface area contributed by atoms with Gasteiger partial charge in [0, 0.05) is 0 Å². The third-order valence-corrected chi connectivity index (χ3v) is 7.75. The molecule has 0 unspecified atom stereocenters. The predicted molar refractivity (Wildman–Crippen MR) is 94.1 cm³/mol. The van der Waals surface area contributed by atoms with Crippen LogP contribution in [0.4, 0.5) is 0 Å². The van der Waals surface area contributed by atoms with Crippen LogP contribution in [0, 0.1) is 5.41 Å². The fraction of sp³-hybridized carbons (Fsp3) is 0. The maximum atomic E-state index is 7.52. The summed E-state index contributed by atoms with van der Waals surface area (Å²) in [5.41, 5.74) is 0. The third-order valence-electron chi connectivity index (χ3n) is 3.80. The van der Waals surface area contributed by atoms with Crippen LogP contribution in [0.3, 0.4) is 0 Å². The van der Waals surface area contributed by atoms with Crippen molar-refractivity contribution in [2.24, 2.45) is 4.66 Å². The van der Waals surface area contributed by atoms with Crippen LogP contribution in [-0.4, -0.2) is 14.2 Å². The molecule has 3 aromatic carbocycles. The highest BCUT2D eigenvalue weighted by molar-refractivity contribution is 7.10. The Morgan fingerprint density at radius 2 is 0.909 bits per heavy atom. The molecule has 106 valence electrons. The molecule has 0 spiro atoms. The average Bonchev–Trinajstić information content (AvgIpc) is 2.62. The molecule has 3 rings (SSSR count). The molecule has 0 atom stereocenters. The Balaban J connectivity index is 2.37. The van der Waals surface area contributed by atoms with Gasteiger partial charge in [0.05, 0.1) is 6.01 Å². The summed E-state index contributed by atoms with van der Waals surface area (Å²) in [6.45, 7) is 0. The van der Waals surface area contributed by atoms with Crippen LogP contribution >= 0.6 is 0 Å². The lowest BCUT2D eigenvalue weighted by Crippen LogP contribution is -2.65. The van der Waals surface area contributed by atoms with Gasteiger partial charge in [-0.05, 0) is 15.6 Å². The van der Waals surface area contributed by atoms with E-state index in [9.17, 15) is 0 Å². The van der Waals surface area contributed by atoms with Crippen molar-refractivity contribution in [1.29, 1.82) is 5.41 Å². The van der Waals surface area contributed by atoms with Crippen molar-refractivity contribution in [3.63, 3.8) is 0 Å². The highest BCUT2D eigenvalue weighted by Crippen LogP contribution is 2.08. The van der Waals surface area contributed by atoms with Crippen LogP contribution in [0.25, 0.3) is 0 Å². The molecule has 1 N–H and O–H groups in total. The molecular formula is C19H16N2Si. The Bertz CT molecular complexity index is 683. The van der Waals surface area contributed by atoms with E-state index in [0.29, 0.717) is 0 Å². The molecule has 0 aliphatic carbocycles. The van der Waals surface area contributed by atoms with Gasteiger partial charge < -0.3 is 0 Å². The SMILES string of the molecule is N=C=N[Si](c1ccccc1)(c1ccccc1)c1ccccc1. The first kappa shape index (κ1) is 14.2. The van der Waals surface area contributed by atoms with Gasteiger partial charge in [-0.15, -0.1) is 0 Å². The normalized spacial score (nSPS) is 10.7. The van der Waals surface area contributed by atoms with E-state index >= 15 is 0 Å². The van der Waals surface area contributed by atoms with Gasteiger partial charge in [-0.25, -0.2) is 10.1 Å². The molecule has 0 fully saturated rings. The second kappa shape index (κ2) is 6.35. The molecule has 0 bridgehead atoms. The molecule has 0 aromatic heterocycles. The Hall–Kier alpha value is -2.74. The van der Waals surface area contributed by atoms with Crippen LogP contribution in [0.2, 0.25) is 0 Å². The summed E-state index contributed by atoms with van der Waals surface area (Å²) in [6, 6.07) is 33.2. The molecule has 0 saturated carbocycles. The molecule has 0 radical (unpaired) electrons. The lowest BCUT2D eigenvalue weighted by molar-refractivity contribution is 1.54. The predicted octanol–water partition coefficient (Wildman–Crippen LogP) is 2.41. The number of benzene rings is 3. The fourth-order valence-electron chi connectivity index (χ4n) is 2.82. The van der Waals surface area contributed by atoms with Crippen molar-refractivity contribution in [2.75, 3.05) is 0 Å². The Morgan fingerprint density at radius 1 is 0.591 bits per heavy atom. The molecular weight excluding hydrogens is 284 g/mol. The minimum absolute atomic E-state index is 1.16. The quantitative estimate of drug-likeness (QED) is 0.436. The number of hydrogen-bond acceptors (Lipinski definition) is 2. The van der Waals surface area contributed by atoms with Gasteiger partial charge in [0.25, 0.3) is 8.24 Å². The van der Waals surface area contributed by atoms with E-state index in [1.807, 2.05) is 54.6 Å². The summed E-state index contributed by atoms with van der Waals surface area (Å²) >= 11 is 0. The molecule has 0 amide bonds. The minimum atomic E-state index is -2.60. The van der Waals surface area contributed by atoms with Crippen molar-refractivity contribution in [2.45, 2.75) is 0 Å². The van der Waals surface area contributed by atoms with Gasteiger partial charge in [-0.2, -0.15) is 0 Å². The lowest BCUT2D eigenvalue weighted by Gasteiger charge is -2.27. The summed E-state index contributed by atoms with van der Waals surface area (Å²) in [7, 11) is -2.60. The number of hydrogen-bond donors (Lipinski definition) is 1. The monoisotopic (exact) mass is 300 g/mol. The minimum Gasteiger partial charge on any atom is -0.250 e. The van der Waals surface area contributed by atoms with Gasteiger partial charge in [-0.1, -0.05) is 91.0 Å². The van der Waals surface area contributed by atoms with Gasteiger partial charge in [-0.3, -0.25) is 0 Å². The maximum Gasteiger partial charge on any atom is 0.287 e. The van der Waals surface area contributed by atoms with Crippen LogP contribution in [-0.2, 0) is 0 Å². The Kier molecular flexibility index (Phi) is 4.10. The highest BCUT2D eigenvalue weighted by Gasteiger charge is 2.40. The molecule has 0 heterocycles. The van der Waals surface area contributed by atoms with Crippen LogP contribution in [0.1, 0.15) is 0 Å². The maximum absolute atomic E-state index is 7.52. The van der Waals surface area contributed by atoms with E-state index in [1.165, 1.54) is 0 Å². The van der Waals surface area contributed by atoms with Crippen LogP contribution in [0.15, 0.2) is 95.7 Å². The fourth-order valence-corrected chi connectivity index (χ4v) is 6.40. The lowest BCUT2D eigenvalue weighted by atomic mass is 10.3. The summed E-state index contributed by atoms with van der Waals surface area (Å²) in [4.78, 5) is 0. The highest BCUT2D eigenvalue weighted by atomic mass is 28.3. The molecule has 0 aliphatic heterocycles. The van der Waals surface area contributed by atoms with Crippen molar-refractivity contribution in [3.05, 3.63) is 91.0 Å². The van der Waals surface area contributed by atoms with Crippen molar-refractivity contribution in [3.8, 4) is 0 Å². The Morgan fingerprint density at radius 3 is 1.18 bits per heavy atom. The second-order valence-corrected chi connectivity index (χ2v) is 8.41. The van der Waals surface area contributed by atoms with Gasteiger partial charge in [0.2, 0.25) is 0 Å². The molecule has 3 aromatic rings. The topological polar surface area (TPSA) is 36.2 Å². The number of nitrogens with zero attached hydrogens (tertiary/aromatic N) is 1. The first-order valence-electron chi connectivity index (χ1n) is 7.18. The summed E-state index contributed by atoms with van der Waals surface area (Å²) in [5, 5.41) is 11.0. The number of rotatable bonds is 4. The molecule has 2 nitrogen and oxygen atoms in total. The van der Waals surface area contributed by atoms with Crippen molar-refractivity contribution >= 4 is 29.8 Å². The zero-order valence-corrected chi connectivity index (χ0v) is 13.1. The van der Waals surface area contributed by atoms with Gasteiger partial charge >= 0.3 is 0 Å². The van der Waals surface area contributed by atoms with E-state index in [-0.39, 0.29) is 0 Å². The van der Waals surface area contributed by atoms with E-state index in [1.54, 1.807) is 0 Å². The van der Waals surface area contributed by atoms with Gasteiger partial charge in [0.1, 0.15) is 0 Å². The van der Waals surface area contributed by atoms with Crippen LogP contribution < -0.4 is 15.6 Å². The summed E-state index contributed by atoms with van der Waals surface area (Å²) in [6.07, 6.45) is 0. The first-order valence-corrected chi connectivity index (χ1v) is 9.13. The average molecular weight is 300 g/mol. The van der Waals surface area contributed by atoms with E-state index < -0.39 is 8.24 Å². The first-order chi connectivity index (χ1) is 10.9. The van der Waals surface area contributed by atoms with E-state index in [2.05, 4.69) is 47.1 Å². The van der Waals surface area contributed by atoms with Crippen molar-refractivity contribution in [1.82, 2.24) is 0 Å². The van der Waals surface area contributed by atoms with E-state index in [4.69, 9.17) is 5.41 Å². The summed E-state index contributed by atoms with van der Waals surface area (Å²) in [5.74, 6) is 0. The van der Waals surface area contributed by atoms with E-state index in [0.717, 1.165) is 15.6 Å².